The first-order valence-electron chi connectivity index (χ1n) is 6.58. The topological polar surface area (TPSA) is 65.7 Å². The second-order valence-corrected chi connectivity index (χ2v) is 4.53. The van der Waals surface area contributed by atoms with Gasteiger partial charge in [0.1, 0.15) is 17.6 Å². The Morgan fingerprint density at radius 2 is 1.95 bits per heavy atom. The zero-order valence-corrected chi connectivity index (χ0v) is 11.5. The molecular weight excluding hydrogens is 284 g/mol. The highest BCUT2D eigenvalue weighted by Crippen LogP contribution is 2.27. The number of carbonyl (C=O) groups excluding carboxylic acids is 2. The Hall–Kier alpha value is -3.08. The van der Waals surface area contributed by atoms with Crippen LogP contribution in [0.25, 0.3) is 11.0 Å². The lowest BCUT2D eigenvalue weighted by molar-refractivity contribution is -0.134. The number of hydrogen-bond acceptors (Lipinski definition) is 5. The molecule has 0 spiro atoms. The van der Waals surface area contributed by atoms with Crippen molar-refractivity contribution < 1.29 is 23.5 Å². The van der Waals surface area contributed by atoms with E-state index in [4.69, 9.17) is 9.15 Å². The molecule has 0 saturated heterocycles. The van der Waals surface area contributed by atoms with Crippen LogP contribution in [0.15, 0.2) is 59.2 Å². The van der Waals surface area contributed by atoms with Gasteiger partial charge in [-0.25, -0.2) is 0 Å². The monoisotopic (exact) mass is 296 g/mol. The second-order valence-electron chi connectivity index (χ2n) is 4.53. The van der Waals surface area contributed by atoms with Crippen LogP contribution in [-0.4, -0.2) is 19.0 Å². The molecule has 5 nitrogen and oxygen atoms in total. The van der Waals surface area contributed by atoms with Gasteiger partial charge in [0.2, 0.25) is 6.79 Å². The summed E-state index contributed by atoms with van der Waals surface area (Å²) in [6.07, 6.45) is 1.44. The Balaban J connectivity index is 1.94. The summed E-state index contributed by atoms with van der Waals surface area (Å²) in [5.41, 5.74) is 1.63. The van der Waals surface area contributed by atoms with Gasteiger partial charge in [-0.3, -0.25) is 9.59 Å². The van der Waals surface area contributed by atoms with Gasteiger partial charge in [0, 0.05) is 10.9 Å². The lowest BCUT2D eigenvalue weighted by atomic mass is 10.0. The Morgan fingerprint density at radius 3 is 2.73 bits per heavy atom. The van der Waals surface area contributed by atoms with E-state index < -0.39 is 0 Å². The van der Waals surface area contributed by atoms with Crippen molar-refractivity contribution in [3.05, 3.63) is 65.9 Å². The molecule has 3 rings (SSSR count). The van der Waals surface area contributed by atoms with Gasteiger partial charge in [0.15, 0.2) is 5.78 Å². The van der Waals surface area contributed by atoms with Crippen molar-refractivity contribution in [2.45, 2.75) is 0 Å². The first kappa shape index (κ1) is 13.9. The minimum atomic E-state index is -0.186. The number of benzene rings is 2. The van der Waals surface area contributed by atoms with Crippen LogP contribution in [0.2, 0.25) is 0 Å². The van der Waals surface area contributed by atoms with E-state index in [1.807, 2.05) is 6.07 Å². The Labute approximate surface area is 126 Å². The van der Waals surface area contributed by atoms with Crippen LogP contribution >= 0.6 is 0 Å². The summed E-state index contributed by atoms with van der Waals surface area (Å²) in [6.45, 7) is 0.121. The quantitative estimate of drug-likeness (QED) is 0.302. The molecule has 3 aromatic rings. The molecule has 0 fully saturated rings. The average Bonchev–Trinajstić information content (AvgIpc) is 2.98. The summed E-state index contributed by atoms with van der Waals surface area (Å²) in [6, 6.07) is 14.0. The molecule has 0 aliphatic rings. The lowest BCUT2D eigenvalue weighted by Gasteiger charge is -2.04. The van der Waals surface area contributed by atoms with Crippen molar-refractivity contribution >= 4 is 23.2 Å². The van der Waals surface area contributed by atoms with Crippen LogP contribution in [0.1, 0.15) is 15.9 Å². The van der Waals surface area contributed by atoms with Crippen LogP contribution in [0.5, 0.6) is 5.75 Å². The van der Waals surface area contributed by atoms with E-state index in [-0.39, 0.29) is 12.6 Å². The van der Waals surface area contributed by atoms with Crippen molar-refractivity contribution in [1.29, 1.82) is 0 Å². The molecule has 0 saturated carbocycles. The normalized spacial score (nSPS) is 10.4. The maximum Gasteiger partial charge on any atom is 0.295 e. The van der Waals surface area contributed by atoms with Crippen LogP contribution in [0, 0.1) is 0 Å². The van der Waals surface area contributed by atoms with Gasteiger partial charge in [-0.2, -0.15) is 0 Å². The van der Waals surface area contributed by atoms with Gasteiger partial charge in [-0.05, 0) is 18.2 Å². The maximum atomic E-state index is 12.5. The summed E-state index contributed by atoms with van der Waals surface area (Å²) in [7, 11) is 0. The molecule has 2 aromatic carbocycles. The summed E-state index contributed by atoms with van der Waals surface area (Å²) in [4.78, 5) is 22.6. The molecule has 5 heteroatoms. The van der Waals surface area contributed by atoms with Gasteiger partial charge >= 0.3 is 0 Å². The molecule has 22 heavy (non-hydrogen) atoms. The number of ketones is 1. The van der Waals surface area contributed by atoms with E-state index in [9.17, 15) is 9.59 Å². The van der Waals surface area contributed by atoms with Crippen LogP contribution in [0.3, 0.4) is 0 Å². The molecule has 0 atom stereocenters. The number of fused-ring (bicyclic) bond motifs is 1. The van der Waals surface area contributed by atoms with Crippen LogP contribution in [-0.2, 0) is 9.53 Å². The molecule has 0 aliphatic carbocycles. The molecule has 0 aliphatic heterocycles. The molecule has 0 bridgehead atoms. The third-order valence-electron chi connectivity index (χ3n) is 3.19. The van der Waals surface area contributed by atoms with Crippen molar-refractivity contribution in [3.63, 3.8) is 0 Å². The number of furan rings is 1. The van der Waals surface area contributed by atoms with E-state index in [1.165, 1.54) is 6.26 Å². The number of hydrogen-bond donors (Lipinski definition) is 0. The maximum absolute atomic E-state index is 12.5. The molecule has 0 amide bonds. The third kappa shape index (κ3) is 2.69. The van der Waals surface area contributed by atoms with Crippen molar-refractivity contribution in [2.75, 3.05) is 6.79 Å². The van der Waals surface area contributed by atoms with Gasteiger partial charge in [-0.1, -0.05) is 30.3 Å². The van der Waals surface area contributed by atoms with Gasteiger partial charge in [0.25, 0.3) is 6.47 Å². The Kier molecular flexibility index (Phi) is 3.87. The highest BCUT2D eigenvalue weighted by molar-refractivity contribution is 6.15. The van der Waals surface area contributed by atoms with Crippen molar-refractivity contribution in [3.8, 4) is 5.75 Å². The molecule has 110 valence electrons. The van der Waals surface area contributed by atoms with Crippen LogP contribution in [0.4, 0.5) is 0 Å². The molecule has 0 radical (unpaired) electrons. The predicted molar refractivity (Wildman–Crippen MR) is 78.7 cm³/mol. The van der Waals surface area contributed by atoms with Gasteiger partial charge < -0.3 is 13.9 Å². The second kappa shape index (κ2) is 6.13. The fourth-order valence-electron chi connectivity index (χ4n) is 2.15. The van der Waals surface area contributed by atoms with Gasteiger partial charge in [0.05, 0.1) is 5.56 Å². The SMILES string of the molecule is O=COCOc1ccc2occ(C(=O)c3ccccc3)c2c1. The Morgan fingerprint density at radius 1 is 1.14 bits per heavy atom. The molecule has 1 heterocycles. The average molecular weight is 296 g/mol. The van der Waals surface area contributed by atoms with Gasteiger partial charge in [-0.15, -0.1) is 0 Å². The van der Waals surface area contributed by atoms with E-state index in [0.29, 0.717) is 34.3 Å². The summed E-state index contributed by atoms with van der Waals surface area (Å²) in [5, 5.41) is 0.650. The minimum absolute atomic E-state index is 0.124. The fourth-order valence-corrected chi connectivity index (χ4v) is 2.15. The Bertz CT molecular complexity index is 804. The summed E-state index contributed by atoms with van der Waals surface area (Å²) < 4.78 is 15.2. The highest BCUT2D eigenvalue weighted by Gasteiger charge is 2.16. The standard InChI is InChI=1S/C17H12O5/c18-10-20-11-22-13-6-7-16-14(8-13)15(9-21-16)17(19)12-4-2-1-3-5-12/h1-10H,11H2. The first-order valence-corrected chi connectivity index (χ1v) is 6.58. The van der Waals surface area contributed by atoms with Crippen molar-refractivity contribution in [2.24, 2.45) is 0 Å². The number of rotatable bonds is 6. The van der Waals surface area contributed by atoms with Crippen molar-refractivity contribution in [1.82, 2.24) is 0 Å². The summed E-state index contributed by atoms with van der Waals surface area (Å²) in [5.74, 6) is 0.360. The van der Waals surface area contributed by atoms with E-state index >= 15 is 0 Å². The molecule has 0 unspecified atom stereocenters. The molecule has 1 aromatic heterocycles. The highest BCUT2D eigenvalue weighted by atomic mass is 16.7. The summed E-state index contributed by atoms with van der Waals surface area (Å²) >= 11 is 0. The minimum Gasteiger partial charge on any atom is -0.464 e. The first-order chi connectivity index (χ1) is 10.8. The third-order valence-corrected chi connectivity index (χ3v) is 3.19. The zero-order valence-electron chi connectivity index (χ0n) is 11.5. The molecular formula is C17H12O5. The van der Waals surface area contributed by atoms with E-state index in [2.05, 4.69) is 4.74 Å². The zero-order chi connectivity index (χ0) is 15.4. The smallest absolute Gasteiger partial charge is 0.295 e. The number of ether oxygens (including phenoxy) is 2. The predicted octanol–water partition coefficient (Wildman–Crippen LogP) is 3.17. The van der Waals surface area contributed by atoms with Crippen LogP contribution < -0.4 is 4.74 Å². The lowest BCUT2D eigenvalue weighted by Crippen LogP contribution is -2.01. The largest absolute Gasteiger partial charge is 0.464 e. The van der Waals surface area contributed by atoms with E-state index in [1.54, 1.807) is 42.5 Å². The number of carbonyl (C=O) groups is 2. The molecule has 0 N–H and O–H groups in total. The van der Waals surface area contributed by atoms with E-state index in [0.717, 1.165) is 0 Å². The fraction of sp³-hybridized carbons (Fsp3) is 0.0588.